The standard InChI is InChI=1S/C14H17NO/c1-9-5-4-6-13-12(8-7-10(2)16)11(3)15-14(9)13/h4-6,15H,7-8H2,1-3H3. The summed E-state index contributed by atoms with van der Waals surface area (Å²) in [4.78, 5) is 14.5. The van der Waals surface area contributed by atoms with E-state index in [4.69, 9.17) is 0 Å². The zero-order chi connectivity index (χ0) is 11.7. The summed E-state index contributed by atoms with van der Waals surface area (Å²) in [5.74, 6) is 0.251. The molecule has 2 nitrogen and oxygen atoms in total. The maximum atomic E-state index is 11.0. The Kier molecular flexibility index (Phi) is 2.82. The smallest absolute Gasteiger partial charge is 0.130 e. The molecule has 16 heavy (non-hydrogen) atoms. The number of aryl methyl sites for hydroxylation is 3. The maximum absolute atomic E-state index is 11.0. The number of hydrogen-bond donors (Lipinski definition) is 1. The predicted octanol–water partition coefficient (Wildman–Crippen LogP) is 3.31. The first kappa shape index (κ1) is 10.9. The molecule has 0 amide bonds. The first-order valence-electron chi connectivity index (χ1n) is 5.66. The molecule has 0 aliphatic heterocycles. The summed E-state index contributed by atoms with van der Waals surface area (Å²) in [6.07, 6.45) is 1.46. The monoisotopic (exact) mass is 215 g/mol. The van der Waals surface area contributed by atoms with Crippen molar-refractivity contribution in [1.82, 2.24) is 4.98 Å². The highest BCUT2D eigenvalue weighted by Crippen LogP contribution is 2.25. The Bertz CT molecular complexity index is 537. The van der Waals surface area contributed by atoms with Crippen LogP contribution in [0.1, 0.15) is 30.2 Å². The van der Waals surface area contributed by atoms with Crippen molar-refractivity contribution in [2.24, 2.45) is 0 Å². The predicted molar refractivity (Wildman–Crippen MR) is 66.8 cm³/mol. The molecular weight excluding hydrogens is 198 g/mol. The fourth-order valence-electron chi connectivity index (χ4n) is 2.17. The molecule has 0 fully saturated rings. The number of hydrogen-bond acceptors (Lipinski definition) is 1. The van der Waals surface area contributed by atoms with Crippen molar-refractivity contribution in [2.75, 3.05) is 0 Å². The average Bonchev–Trinajstić information content (AvgIpc) is 2.53. The van der Waals surface area contributed by atoms with E-state index in [0.717, 1.165) is 6.42 Å². The van der Waals surface area contributed by atoms with Gasteiger partial charge >= 0.3 is 0 Å². The SMILES string of the molecule is CC(=O)CCc1c(C)[nH]c2c(C)cccc12. The van der Waals surface area contributed by atoms with Crippen molar-refractivity contribution in [3.63, 3.8) is 0 Å². The molecule has 0 saturated heterocycles. The molecule has 0 unspecified atom stereocenters. The van der Waals surface area contributed by atoms with Crippen LogP contribution in [0.15, 0.2) is 18.2 Å². The van der Waals surface area contributed by atoms with E-state index >= 15 is 0 Å². The van der Waals surface area contributed by atoms with Gasteiger partial charge in [-0.25, -0.2) is 0 Å². The molecule has 0 saturated carbocycles. The number of aromatic amines is 1. The van der Waals surface area contributed by atoms with E-state index in [1.54, 1.807) is 6.92 Å². The quantitative estimate of drug-likeness (QED) is 0.837. The van der Waals surface area contributed by atoms with Crippen LogP contribution in [0.2, 0.25) is 0 Å². The van der Waals surface area contributed by atoms with Crippen molar-refractivity contribution < 1.29 is 4.79 Å². The van der Waals surface area contributed by atoms with Crippen LogP contribution in [0, 0.1) is 13.8 Å². The van der Waals surface area contributed by atoms with E-state index in [9.17, 15) is 4.79 Å². The lowest BCUT2D eigenvalue weighted by Crippen LogP contribution is -1.94. The first-order valence-corrected chi connectivity index (χ1v) is 5.66. The molecule has 0 bridgehead atoms. The number of fused-ring (bicyclic) bond motifs is 1. The van der Waals surface area contributed by atoms with Gasteiger partial charge in [0.15, 0.2) is 0 Å². The topological polar surface area (TPSA) is 32.9 Å². The summed E-state index contributed by atoms with van der Waals surface area (Å²) in [7, 11) is 0. The van der Waals surface area contributed by atoms with E-state index in [1.165, 1.54) is 27.7 Å². The van der Waals surface area contributed by atoms with Crippen molar-refractivity contribution in [3.05, 3.63) is 35.0 Å². The number of para-hydroxylation sites is 1. The molecule has 0 atom stereocenters. The van der Waals surface area contributed by atoms with Crippen molar-refractivity contribution in [3.8, 4) is 0 Å². The lowest BCUT2D eigenvalue weighted by molar-refractivity contribution is -0.116. The second-order valence-electron chi connectivity index (χ2n) is 4.43. The Labute approximate surface area is 95.7 Å². The fourth-order valence-corrected chi connectivity index (χ4v) is 2.17. The molecule has 0 aliphatic rings. The zero-order valence-electron chi connectivity index (χ0n) is 10.1. The molecule has 0 spiro atoms. The van der Waals surface area contributed by atoms with Gasteiger partial charge in [-0.3, -0.25) is 0 Å². The number of H-pyrrole nitrogens is 1. The summed E-state index contributed by atoms with van der Waals surface area (Å²) in [5, 5.41) is 1.26. The molecule has 1 aromatic heterocycles. The highest BCUT2D eigenvalue weighted by molar-refractivity contribution is 5.87. The van der Waals surface area contributed by atoms with Gasteiger partial charge in [0, 0.05) is 23.0 Å². The summed E-state index contributed by atoms with van der Waals surface area (Å²) >= 11 is 0. The number of aromatic nitrogens is 1. The van der Waals surface area contributed by atoms with Gasteiger partial charge in [-0.05, 0) is 38.3 Å². The van der Waals surface area contributed by atoms with Crippen LogP contribution in [0.3, 0.4) is 0 Å². The van der Waals surface area contributed by atoms with Gasteiger partial charge in [0.05, 0.1) is 0 Å². The first-order chi connectivity index (χ1) is 7.59. The van der Waals surface area contributed by atoms with E-state index in [0.29, 0.717) is 6.42 Å². The van der Waals surface area contributed by atoms with Crippen LogP contribution in [-0.4, -0.2) is 10.8 Å². The molecule has 2 aromatic rings. The largest absolute Gasteiger partial charge is 0.358 e. The molecular formula is C14H17NO. The molecule has 2 rings (SSSR count). The van der Waals surface area contributed by atoms with Gasteiger partial charge in [-0.2, -0.15) is 0 Å². The van der Waals surface area contributed by atoms with Crippen LogP contribution in [-0.2, 0) is 11.2 Å². The molecule has 1 N–H and O–H groups in total. The number of rotatable bonds is 3. The molecule has 0 aliphatic carbocycles. The molecule has 84 valence electrons. The number of benzene rings is 1. The maximum Gasteiger partial charge on any atom is 0.130 e. The van der Waals surface area contributed by atoms with E-state index < -0.39 is 0 Å². The third kappa shape index (κ3) is 1.87. The van der Waals surface area contributed by atoms with Crippen LogP contribution < -0.4 is 0 Å². The number of ketones is 1. The molecule has 0 radical (unpaired) electrons. The lowest BCUT2D eigenvalue weighted by atomic mass is 10.0. The van der Waals surface area contributed by atoms with Crippen molar-refractivity contribution in [1.29, 1.82) is 0 Å². The van der Waals surface area contributed by atoms with Crippen molar-refractivity contribution >= 4 is 16.7 Å². The van der Waals surface area contributed by atoms with Gasteiger partial charge in [-0.1, -0.05) is 18.2 Å². The van der Waals surface area contributed by atoms with Crippen molar-refractivity contribution in [2.45, 2.75) is 33.6 Å². The summed E-state index contributed by atoms with van der Waals surface area (Å²) < 4.78 is 0. The fraction of sp³-hybridized carbons (Fsp3) is 0.357. The molecule has 1 aromatic carbocycles. The minimum absolute atomic E-state index is 0.251. The highest BCUT2D eigenvalue weighted by atomic mass is 16.1. The third-order valence-electron chi connectivity index (χ3n) is 3.09. The average molecular weight is 215 g/mol. The summed E-state index contributed by atoms with van der Waals surface area (Å²) in [6.45, 7) is 5.83. The van der Waals surface area contributed by atoms with E-state index in [2.05, 4.69) is 37.0 Å². The number of carbonyl (C=O) groups is 1. The van der Waals surface area contributed by atoms with Gasteiger partial charge < -0.3 is 9.78 Å². The number of nitrogens with one attached hydrogen (secondary N) is 1. The van der Waals surface area contributed by atoms with Crippen LogP contribution in [0.25, 0.3) is 10.9 Å². The summed E-state index contributed by atoms with van der Waals surface area (Å²) in [6, 6.07) is 6.30. The minimum atomic E-state index is 0.251. The Morgan fingerprint density at radius 3 is 2.75 bits per heavy atom. The zero-order valence-corrected chi connectivity index (χ0v) is 10.1. The second kappa shape index (κ2) is 4.12. The second-order valence-corrected chi connectivity index (χ2v) is 4.43. The highest BCUT2D eigenvalue weighted by Gasteiger charge is 2.09. The summed E-state index contributed by atoms with van der Waals surface area (Å²) in [5.41, 5.74) is 4.94. The number of Topliss-reactive ketones (excluding diaryl/α,β-unsaturated/α-hetero) is 1. The van der Waals surface area contributed by atoms with Gasteiger partial charge in [0.2, 0.25) is 0 Å². The van der Waals surface area contributed by atoms with E-state index in [-0.39, 0.29) is 5.78 Å². The van der Waals surface area contributed by atoms with Gasteiger partial charge in [0.25, 0.3) is 0 Å². The van der Waals surface area contributed by atoms with Gasteiger partial charge in [0.1, 0.15) is 5.78 Å². The Morgan fingerprint density at radius 2 is 2.06 bits per heavy atom. The molecule has 1 heterocycles. The molecule has 2 heteroatoms. The van der Waals surface area contributed by atoms with Gasteiger partial charge in [-0.15, -0.1) is 0 Å². The van der Waals surface area contributed by atoms with E-state index in [1.807, 2.05) is 0 Å². The number of carbonyl (C=O) groups excluding carboxylic acids is 1. The van der Waals surface area contributed by atoms with Crippen LogP contribution in [0.4, 0.5) is 0 Å². The normalized spacial score (nSPS) is 10.9. The Hall–Kier alpha value is -1.57. The van der Waals surface area contributed by atoms with Crippen LogP contribution in [0.5, 0.6) is 0 Å². The third-order valence-corrected chi connectivity index (χ3v) is 3.09. The minimum Gasteiger partial charge on any atom is -0.358 e. The Morgan fingerprint density at radius 1 is 1.31 bits per heavy atom. The lowest BCUT2D eigenvalue weighted by Gasteiger charge is -1.99. The Balaban J connectivity index is 2.48. The van der Waals surface area contributed by atoms with Crippen LogP contribution >= 0.6 is 0 Å².